The number of carbonyl (C=O) groups excluding carboxylic acids is 2. The van der Waals surface area contributed by atoms with Crippen LogP contribution in [-0.4, -0.2) is 17.9 Å². The summed E-state index contributed by atoms with van der Waals surface area (Å²) in [6.45, 7) is 1.34. The number of hydrogen-bond acceptors (Lipinski definition) is 3. The van der Waals surface area contributed by atoms with Gasteiger partial charge in [0.2, 0.25) is 0 Å². The second kappa shape index (κ2) is 2.06. The smallest absolute Gasteiger partial charge is 0.303 e. The molecule has 2 aliphatic carbocycles. The van der Waals surface area contributed by atoms with E-state index in [1.807, 2.05) is 0 Å². The molecule has 0 aromatic heterocycles. The van der Waals surface area contributed by atoms with Crippen molar-refractivity contribution in [1.29, 1.82) is 0 Å². The quantitative estimate of drug-likeness (QED) is 0.517. The highest BCUT2D eigenvalue weighted by Crippen LogP contribution is 2.50. The third-order valence-corrected chi connectivity index (χ3v) is 2.43. The molecule has 3 heteroatoms. The minimum atomic E-state index is -0.406. The fourth-order valence-corrected chi connectivity index (χ4v) is 1.79. The Morgan fingerprint density at radius 3 is 2.73 bits per heavy atom. The summed E-state index contributed by atoms with van der Waals surface area (Å²) in [6.07, 6.45) is 1.39. The Kier molecular flexibility index (Phi) is 1.28. The highest BCUT2D eigenvalue weighted by molar-refractivity contribution is 5.92. The van der Waals surface area contributed by atoms with Crippen molar-refractivity contribution < 1.29 is 14.3 Å². The average molecular weight is 154 g/mol. The molecule has 0 spiro atoms. The van der Waals surface area contributed by atoms with Crippen LogP contribution in [0.15, 0.2) is 0 Å². The Labute approximate surface area is 64.7 Å². The maximum atomic E-state index is 11.2. The lowest BCUT2D eigenvalue weighted by molar-refractivity contribution is -0.152. The second-order valence-corrected chi connectivity index (χ2v) is 3.34. The van der Waals surface area contributed by atoms with Crippen LogP contribution < -0.4 is 0 Å². The van der Waals surface area contributed by atoms with E-state index in [2.05, 4.69) is 0 Å². The van der Waals surface area contributed by atoms with Gasteiger partial charge in [-0.15, -0.1) is 0 Å². The molecule has 60 valence electrons. The summed E-state index contributed by atoms with van der Waals surface area (Å²) in [5.74, 6) is 0.570. The van der Waals surface area contributed by atoms with Gasteiger partial charge in [-0.2, -0.15) is 0 Å². The third kappa shape index (κ3) is 1.04. The first-order valence-electron chi connectivity index (χ1n) is 3.89. The molecule has 0 aliphatic heterocycles. The lowest BCUT2D eigenvalue weighted by atomic mass is 10.2. The number of carbonyl (C=O) groups is 2. The number of ether oxygens (including phenoxy) is 1. The Bertz CT molecular complexity index is 221. The number of Topliss-reactive ketones (excluding diaryl/α,β-unsaturated/α-hetero) is 1. The minimum absolute atomic E-state index is 0.144. The first-order valence-corrected chi connectivity index (χ1v) is 3.89. The van der Waals surface area contributed by atoms with Gasteiger partial charge in [-0.1, -0.05) is 0 Å². The summed E-state index contributed by atoms with van der Waals surface area (Å²) in [4.78, 5) is 21.7. The van der Waals surface area contributed by atoms with Crippen molar-refractivity contribution in [3.8, 4) is 0 Å². The topological polar surface area (TPSA) is 43.4 Å². The first-order chi connectivity index (χ1) is 5.18. The fourth-order valence-electron chi connectivity index (χ4n) is 1.79. The van der Waals surface area contributed by atoms with Crippen molar-refractivity contribution in [2.24, 2.45) is 11.8 Å². The van der Waals surface area contributed by atoms with Crippen LogP contribution in [-0.2, 0) is 14.3 Å². The molecule has 0 radical (unpaired) electrons. The lowest BCUT2D eigenvalue weighted by Crippen LogP contribution is -2.23. The molecule has 0 unspecified atom stereocenters. The fraction of sp³-hybridized carbons (Fsp3) is 0.750. The van der Waals surface area contributed by atoms with Gasteiger partial charge in [0.05, 0.1) is 0 Å². The molecule has 3 nitrogen and oxygen atoms in total. The predicted octanol–water partition coefficient (Wildman–Crippen LogP) is 0.527. The monoisotopic (exact) mass is 154 g/mol. The van der Waals surface area contributed by atoms with E-state index in [4.69, 9.17) is 4.74 Å². The van der Waals surface area contributed by atoms with Crippen molar-refractivity contribution in [3.63, 3.8) is 0 Å². The standard InChI is InChI=1S/C8H10O3/c1-4(9)11-7-3-5-2-6(5)8(7)10/h5-7H,2-3H2,1H3/t5-,6-,7-/m1/s1. The largest absolute Gasteiger partial charge is 0.455 e. The first kappa shape index (κ1) is 6.83. The minimum Gasteiger partial charge on any atom is -0.455 e. The average Bonchev–Trinajstić information content (AvgIpc) is 2.58. The lowest BCUT2D eigenvalue weighted by Gasteiger charge is -2.09. The van der Waals surface area contributed by atoms with Crippen molar-refractivity contribution in [2.45, 2.75) is 25.9 Å². The number of esters is 1. The second-order valence-electron chi connectivity index (χ2n) is 3.34. The molecular formula is C8H10O3. The maximum absolute atomic E-state index is 11.2. The summed E-state index contributed by atoms with van der Waals surface area (Å²) in [5.41, 5.74) is 0. The highest BCUT2D eigenvalue weighted by Gasteiger charge is 2.54. The molecule has 2 rings (SSSR count). The van der Waals surface area contributed by atoms with Crippen LogP contribution in [0.3, 0.4) is 0 Å². The van der Waals surface area contributed by atoms with E-state index < -0.39 is 6.10 Å². The van der Waals surface area contributed by atoms with Crippen molar-refractivity contribution in [3.05, 3.63) is 0 Å². The molecule has 2 fully saturated rings. The van der Waals surface area contributed by atoms with Gasteiger partial charge in [-0.25, -0.2) is 0 Å². The SMILES string of the molecule is CC(=O)O[C@@H]1C[C@H]2C[C@H]2C1=O. The van der Waals surface area contributed by atoms with Crippen LogP contribution >= 0.6 is 0 Å². The molecule has 0 saturated heterocycles. The zero-order valence-electron chi connectivity index (χ0n) is 6.37. The molecule has 0 N–H and O–H groups in total. The number of ketones is 1. The van der Waals surface area contributed by atoms with Crippen LogP contribution in [0.1, 0.15) is 19.8 Å². The molecule has 11 heavy (non-hydrogen) atoms. The maximum Gasteiger partial charge on any atom is 0.303 e. The van der Waals surface area contributed by atoms with E-state index in [1.54, 1.807) is 0 Å². The van der Waals surface area contributed by atoms with Gasteiger partial charge in [-0.3, -0.25) is 9.59 Å². The van der Waals surface area contributed by atoms with Gasteiger partial charge in [-0.05, 0) is 18.8 Å². The van der Waals surface area contributed by atoms with Gasteiger partial charge < -0.3 is 4.74 Å². The van der Waals surface area contributed by atoms with Crippen LogP contribution in [0.25, 0.3) is 0 Å². The molecule has 0 aromatic carbocycles. The van der Waals surface area contributed by atoms with Crippen LogP contribution in [0.4, 0.5) is 0 Å². The predicted molar refractivity (Wildman–Crippen MR) is 36.8 cm³/mol. The summed E-state index contributed by atoms with van der Waals surface area (Å²) < 4.78 is 4.84. The summed E-state index contributed by atoms with van der Waals surface area (Å²) in [6, 6.07) is 0. The van der Waals surface area contributed by atoms with E-state index in [9.17, 15) is 9.59 Å². The van der Waals surface area contributed by atoms with Crippen LogP contribution in [0.2, 0.25) is 0 Å². The van der Waals surface area contributed by atoms with Gasteiger partial charge >= 0.3 is 5.97 Å². The zero-order valence-corrected chi connectivity index (χ0v) is 6.37. The number of fused-ring (bicyclic) bond motifs is 1. The Morgan fingerprint density at radius 2 is 2.27 bits per heavy atom. The summed E-state index contributed by atoms with van der Waals surface area (Å²) >= 11 is 0. The van der Waals surface area contributed by atoms with Gasteiger partial charge in [0, 0.05) is 12.8 Å². The van der Waals surface area contributed by atoms with Crippen molar-refractivity contribution in [1.82, 2.24) is 0 Å². The number of rotatable bonds is 1. The van der Waals surface area contributed by atoms with Crippen molar-refractivity contribution >= 4 is 11.8 Å². The molecule has 3 atom stereocenters. The summed E-state index contributed by atoms with van der Waals surface area (Å²) in [7, 11) is 0. The molecule has 0 amide bonds. The molecule has 0 aromatic rings. The molecule has 0 heterocycles. The summed E-state index contributed by atoms with van der Waals surface area (Å²) in [5, 5.41) is 0. The normalized spacial score (nSPS) is 40.1. The van der Waals surface area contributed by atoms with E-state index in [0.717, 1.165) is 12.8 Å². The Morgan fingerprint density at radius 1 is 1.55 bits per heavy atom. The van der Waals surface area contributed by atoms with Crippen LogP contribution in [0.5, 0.6) is 0 Å². The number of hydrogen-bond donors (Lipinski definition) is 0. The molecule has 2 aliphatic rings. The third-order valence-electron chi connectivity index (χ3n) is 2.43. The Hall–Kier alpha value is -0.860. The molecular weight excluding hydrogens is 144 g/mol. The van der Waals surface area contributed by atoms with Gasteiger partial charge in [0.15, 0.2) is 11.9 Å². The van der Waals surface area contributed by atoms with Gasteiger partial charge in [0.1, 0.15) is 0 Å². The van der Waals surface area contributed by atoms with Crippen LogP contribution in [0, 0.1) is 11.8 Å². The highest BCUT2D eigenvalue weighted by atomic mass is 16.5. The van der Waals surface area contributed by atoms with Gasteiger partial charge in [0.25, 0.3) is 0 Å². The van der Waals surface area contributed by atoms with E-state index in [1.165, 1.54) is 6.92 Å². The van der Waals surface area contributed by atoms with E-state index >= 15 is 0 Å². The Balaban J connectivity index is 1.96. The van der Waals surface area contributed by atoms with E-state index in [0.29, 0.717) is 5.92 Å². The molecule has 0 bridgehead atoms. The zero-order chi connectivity index (χ0) is 8.01. The van der Waals surface area contributed by atoms with Crippen molar-refractivity contribution in [2.75, 3.05) is 0 Å². The molecule has 2 saturated carbocycles. The van der Waals surface area contributed by atoms with E-state index in [-0.39, 0.29) is 17.7 Å².